The van der Waals surface area contributed by atoms with Crippen molar-refractivity contribution in [3.8, 4) is 0 Å². The van der Waals surface area contributed by atoms with E-state index in [0.29, 0.717) is 6.54 Å². The molecule has 1 heterocycles. The van der Waals surface area contributed by atoms with Gasteiger partial charge < -0.3 is 4.57 Å². The number of nitrogens with zero attached hydrogens (tertiary/aromatic N) is 2. The van der Waals surface area contributed by atoms with Gasteiger partial charge in [0.05, 0.1) is 0 Å². The van der Waals surface area contributed by atoms with Gasteiger partial charge in [0.2, 0.25) is 0 Å². The molecule has 0 saturated carbocycles. The van der Waals surface area contributed by atoms with Crippen molar-refractivity contribution < 1.29 is 0 Å². The van der Waals surface area contributed by atoms with Gasteiger partial charge >= 0.3 is 5.69 Å². The second-order valence-corrected chi connectivity index (χ2v) is 3.48. The Hall–Kier alpha value is -1.58. The molecule has 0 fully saturated rings. The highest BCUT2D eigenvalue weighted by atomic mass is 16.2. The fourth-order valence-electron chi connectivity index (χ4n) is 1.38. The first-order valence-corrected chi connectivity index (χ1v) is 5.04. The van der Waals surface area contributed by atoms with Crippen molar-refractivity contribution in [1.82, 2.24) is 9.13 Å². The lowest BCUT2D eigenvalue weighted by Gasteiger charge is -2.05. The molecule has 0 aliphatic rings. The molecule has 0 radical (unpaired) electrons. The maximum atomic E-state index is 11.6. The maximum absolute atomic E-state index is 11.6. The topological polar surface area (TPSA) is 44.0 Å². The molecule has 4 heteroatoms. The molecule has 0 N–H and O–H groups in total. The standard InChI is InChI=1S/C11H16N2O2/c1-3-4-5-6-8-13-10(14)7-9-12(2)11(13)15/h3,7,9H,1,4-6,8H2,2H3. The zero-order valence-electron chi connectivity index (χ0n) is 8.98. The van der Waals surface area contributed by atoms with Crippen LogP contribution in [-0.4, -0.2) is 9.13 Å². The van der Waals surface area contributed by atoms with E-state index < -0.39 is 0 Å². The minimum atomic E-state index is -0.249. The summed E-state index contributed by atoms with van der Waals surface area (Å²) in [5, 5.41) is 0. The zero-order chi connectivity index (χ0) is 11.3. The van der Waals surface area contributed by atoms with Gasteiger partial charge in [-0.3, -0.25) is 9.36 Å². The van der Waals surface area contributed by atoms with Crippen LogP contribution in [0.25, 0.3) is 0 Å². The van der Waals surface area contributed by atoms with Gasteiger partial charge in [0.1, 0.15) is 0 Å². The summed E-state index contributed by atoms with van der Waals surface area (Å²) in [7, 11) is 1.64. The minimum absolute atomic E-state index is 0.225. The van der Waals surface area contributed by atoms with E-state index in [1.807, 2.05) is 6.08 Å². The molecule has 0 aromatic carbocycles. The summed E-state index contributed by atoms with van der Waals surface area (Å²) < 4.78 is 2.68. The molecule has 82 valence electrons. The molecule has 1 aromatic rings. The molecule has 0 unspecified atom stereocenters. The van der Waals surface area contributed by atoms with Crippen LogP contribution in [0.15, 0.2) is 34.5 Å². The van der Waals surface area contributed by atoms with Crippen LogP contribution >= 0.6 is 0 Å². The van der Waals surface area contributed by atoms with Crippen molar-refractivity contribution in [3.63, 3.8) is 0 Å². The Morgan fingerprint density at radius 1 is 1.40 bits per heavy atom. The summed E-state index contributed by atoms with van der Waals surface area (Å²) in [5.74, 6) is 0. The van der Waals surface area contributed by atoms with Gasteiger partial charge in [-0.25, -0.2) is 4.79 Å². The Labute approximate surface area is 88.5 Å². The first-order valence-electron chi connectivity index (χ1n) is 5.04. The van der Waals surface area contributed by atoms with Crippen LogP contribution in [0.4, 0.5) is 0 Å². The minimum Gasteiger partial charge on any atom is -0.303 e. The van der Waals surface area contributed by atoms with Crippen LogP contribution in [0, 0.1) is 0 Å². The average molecular weight is 208 g/mol. The van der Waals surface area contributed by atoms with E-state index in [0.717, 1.165) is 19.3 Å². The zero-order valence-corrected chi connectivity index (χ0v) is 8.98. The Balaban J connectivity index is 2.76. The summed E-state index contributed by atoms with van der Waals surface area (Å²) >= 11 is 0. The molecule has 0 saturated heterocycles. The first kappa shape index (κ1) is 11.5. The second-order valence-electron chi connectivity index (χ2n) is 3.48. The van der Waals surface area contributed by atoms with Crippen molar-refractivity contribution in [2.45, 2.75) is 25.8 Å². The molecular weight excluding hydrogens is 192 g/mol. The average Bonchev–Trinajstić information content (AvgIpc) is 2.23. The van der Waals surface area contributed by atoms with Gasteiger partial charge in [-0.15, -0.1) is 6.58 Å². The highest BCUT2D eigenvalue weighted by Gasteiger charge is 2.01. The van der Waals surface area contributed by atoms with Crippen LogP contribution in [0.3, 0.4) is 0 Å². The number of aromatic nitrogens is 2. The molecule has 15 heavy (non-hydrogen) atoms. The van der Waals surface area contributed by atoms with Crippen LogP contribution in [0.5, 0.6) is 0 Å². The lowest BCUT2D eigenvalue weighted by molar-refractivity contribution is 0.548. The van der Waals surface area contributed by atoms with E-state index >= 15 is 0 Å². The van der Waals surface area contributed by atoms with Crippen LogP contribution in [0.1, 0.15) is 19.3 Å². The molecule has 1 aromatic heterocycles. The lowest BCUT2D eigenvalue weighted by atomic mass is 10.2. The summed E-state index contributed by atoms with van der Waals surface area (Å²) in [6.45, 7) is 4.11. The fourth-order valence-corrected chi connectivity index (χ4v) is 1.38. The van der Waals surface area contributed by atoms with Crippen molar-refractivity contribution in [2.75, 3.05) is 0 Å². The molecule has 0 spiro atoms. The van der Waals surface area contributed by atoms with E-state index in [4.69, 9.17) is 0 Å². The Bertz CT molecular complexity index is 443. The monoisotopic (exact) mass is 208 g/mol. The van der Waals surface area contributed by atoms with Gasteiger partial charge in [-0.1, -0.05) is 6.08 Å². The van der Waals surface area contributed by atoms with Crippen LogP contribution in [0.2, 0.25) is 0 Å². The first-order chi connectivity index (χ1) is 7.16. The van der Waals surface area contributed by atoms with Gasteiger partial charge in [-0.05, 0) is 19.3 Å². The van der Waals surface area contributed by atoms with Crippen molar-refractivity contribution in [1.29, 1.82) is 0 Å². The van der Waals surface area contributed by atoms with E-state index in [1.54, 1.807) is 7.05 Å². The molecule has 0 bridgehead atoms. The fraction of sp³-hybridized carbons (Fsp3) is 0.455. The van der Waals surface area contributed by atoms with E-state index in [9.17, 15) is 9.59 Å². The quantitative estimate of drug-likeness (QED) is 0.533. The van der Waals surface area contributed by atoms with Crippen LogP contribution < -0.4 is 11.2 Å². The van der Waals surface area contributed by atoms with Crippen molar-refractivity contribution in [3.05, 3.63) is 45.8 Å². The third-order valence-electron chi connectivity index (χ3n) is 2.28. The third kappa shape index (κ3) is 2.94. The third-order valence-corrected chi connectivity index (χ3v) is 2.28. The van der Waals surface area contributed by atoms with Crippen LogP contribution in [-0.2, 0) is 13.6 Å². The largest absolute Gasteiger partial charge is 0.330 e. The second kappa shape index (κ2) is 5.34. The normalized spacial score (nSPS) is 10.2. The molecule has 0 atom stereocenters. The molecular formula is C11H16N2O2. The summed E-state index contributed by atoms with van der Waals surface area (Å²) in [6.07, 6.45) is 6.03. The van der Waals surface area contributed by atoms with E-state index in [1.165, 1.54) is 21.4 Å². The van der Waals surface area contributed by atoms with Crippen molar-refractivity contribution in [2.24, 2.45) is 7.05 Å². The molecule has 1 rings (SSSR count). The number of rotatable bonds is 5. The number of aryl methyl sites for hydroxylation is 1. The summed E-state index contributed by atoms with van der Waals surface area (Å²) in [4.78, 5) is 22.9. The van der Waals surface area contributed by atoms with E-state index in [2.05, 4.69) is 6.58 Å². The predicted octanol–water partition coefficient (Wildman–Crippen LogP) is 0.903. The Kier molecular flexibility index (Phi) is 4.09. The molecule has 0 aliphatic heterocycles. The van der Waals surface area contributed by atoms with Crippen molar-refractivity contribution >= 4 is 0 Å². The SMILES string of the molecule is C=CCCCCn1c(=O)ccn(C)c1=O. The number of hydrogen-bond acceptors (Lipinski definition) is 2. The van der Waals surface area contributed by atoms with Gasteiger partial charge in [0.25, 0.3) is 5.56 Å². The number of hydrogen-bond donors (Lipinski definition) is 0. The Morgan fingerprint density at radius 2 is 2.13 bits per heavy atom. The van der Waals surface area contributed by atoms with Gasteiger partial charge in [0, 0.05) is 25.9 Å². The summed E-state index contributed by atoms with van der Waals surface area (Å²) in [5.41, 5.74) is -0.474. The Morgan fingerprint density at radius 3 is 2.80 bits per heavy atom. The maximum Gasteiger partial charge on any atom is 0.330 e. The van der Waals surface area contributed by atoms with E-state index in [-0.39, 0.29) is 11.2 Å². The van der Waals surface area contributed by atoms with Gasteiger partial charge in [0.15, 0.2) is 0 Å². The predicted molar refractivity (Wildman–Crippen MR) is 60.0 cm³/mol. The highest BCUT2D eigenvalue weighted by molar-refractivity contribution is 4.85. The summed E-state index contributed by atoms with van der Waals surface area (Å²) in [6, 6.07) is 1.41. The molecule has 0 amide bonds. The molecule has 0 aliphatic carbocycles. The smallest absolute Gasteiger partial charge is 0.303 e. The lowest BCUT2D eigenvalue weighted by Crippen LogP contribution is -2.37. The number of unbranched alkanes of at least 4 members (excludes halogenated alkanes) is 2. The molecule has 4 nitrogen and oxygen atoms in total. The van der Waals surface area contributed by atoms with Gasteiger partial charge in [-0.2, -0.15) is 0 Å². The number of allylic oxidation sites excluding steroid dienone is 1. The highest BCUT2D eigenvalue weighted by Crippen LogP contribution is 1.96.